The third-order valence-corrected chi connectivity index (χ3v) is 2.45. The first-order chi connectivity index (χ1) is 9.01. The molecule has 5 nitrogen and oxygen atoms in total. The van der Waals surface area contributed by atoms with Gasteiger partial charge in [-0.15, -0.1) is 5.10 Å². The van der Waals surface area contributed by atoms with Gasteiger partial charge >= 0.3 is 6.61 Å². The van der Waals surface area contributed by atoms with E-state index in [1.54, 1.807) is 6.92 Å². The van der Waals surface area contributed by atoms with Crippen molar-refractivity contribution in [3.8, 4) is 17.8 Å². The molecular formula is C11H7ClF2N4O. The van der Waals surface area contributed by atoms with Crippen LogP contribution in [-0.4, -0.2) is 21.4 Å². The molecule has 0 aliphatic rings. The molecule has 0 aromatic carbocycles. The number of hydrogen-bond donors (Lipinski definition) is 0. The first-order valence-electron chi connectivity index (χ1n) is 5.09. The minimum absolute atomic E-state index is 0.164. The van der Waals surface area contributed by atoms with Gasteiger partial charge in [0.2, 0.25) is 5.88 Å². The van der Waals surface area contributed by atoms with Gasteiger partial charge in [-0.3, -0.25) is 0 Å². The summed E-state index contributed by atoms with van der Waals surface area (Å²) in [5.41, 5.74) is 0.709. The second kappa shape index (κ2) is 5.20. The van der Waals surface area contributed by atoms with Gasteiger partial charge in [0.25, 0.3) is 0 Å². The molecule has 0 aliphatic heterocycles. The van der Waals surface area contributed by atoms with Crippen LogP contribution < -0.4 is 4.74 Å². The van der Waals surface area contributed by atoms with E-state index < -0.39 is 6.61 Å². The van der Waals surface area contributed by atoms with E-state index in [4.69, 9.17) is 16.9 Å². The van der Waals surface area contributed by atoms with Gasteiger partial charge in [0.1, 0.15) is 11.2 Å². The number of aryl methyl sites for hydroxylation is 1. The maximum absolute atomic E-state index is 12.1. The van der Waals surface area contributed by atoms with Gasteiger partial charge in [0.15, 0.2) is 5.82 Å². The molecule has 0 saturated heterocycles. The predicted octanol–water partition coefficient (Wildman–Crippen LogP) is 2.70. The van der Waals surface area contributed by atoms with Crippen molar-refractivity contribution < 1.29 is 13.5 Å². The molecule has 0 aliphatic carbocycles. The quantitative estimate of drug-likeness (QED) is 0.813. The summed E-state index contributed by atoms with van der Waals surface area (Å²) in [6.45, 7) is -1.35. The highest BCUT2D eigenvalue weighted by Gasteiger charge is 2.15. The molecule has 2 aromatic heterocycles. The Hall–Kier alpha value is -2.20. The molecule has 0 bridgehead atoms. The van der Waals surface area contributed by atoms with Crippen molar-refractivity contribution in [3.63, 3.8) is 0 Å². The molecule has 0 spiro atoms. The zero-order valence-electron chi connectivity index (χ0n) is 9.64. The third kappa shape index (κ3) is 2.80. The summed E-state index contributed by atoms with van der Waals surface area (Å²) in [5.74, 6) is -0.0882. The summed E-state index contributed by atoms with van der Waals surface area (Å²) in [6, 6.07) is 6.17. The Bertz CT molecular complexity index is 651. The molecule has 0 fully saturated rings. The predicted molar refractivity (Wildman–Crippen MR) is 62.5 cm³/mol. The van der Waals surface area contributed by atoms with Crippen LogP contribution in [0.2, 0.25) is 5.15 Å². The third-order valence-electron chi connectivity index (χ3n) is 2.24. The highest BCUT2D eigenvalue weighted by atomic mass is 35.5. The topological polar surface area (TPSA) is 63.7 Å². The van der Waals surface area contributed by atoms with Crippen LogP contribution >= 0.6 is 11.6 Å². The molecule has 0 amide bonds. The van der Waals surface area contributed by atoms with Crippen LogP contribution in [0.25, 0.3) is 5.82 Å². The van der Waals surface area contributed by atoms with E-state index in [1.807, 2.05) is 6.07 Å². The van der Waals surface area contributed by atoms with Gasteiger partial charge in [0, 0.05) is 11.8 Å². The Balaban J connectivity index is 2.50. The van der Waals surface area contributed by atoms with Crippen LogP contribution in [0.1, 0.15) is 11.3 Å². The average Bonchev–Trinajstić information content (AvgIpc) is 2.69. The number of nitriles is 1. The van der Waals surface area contributed by atoms with Gasteiger partial charge in [-0.25, -0.2) is 9.67 Å². The summed E-state index contributed by atoms with van der Waals surface area (Å²) in [4.78, 5) is 3.97. The van der Waals surface area contributed by atoms with E-state index in [9.17, 15) is 8.78 Å². The molecule has 8 heteroatoms. The van der Waals surface area contributed by atoms with Gasteiger partial charge in [-0.1, -0.05) is 11.6 Å². The Morgan fingerprint density at radius 2 is 2.21 bits per heavy atom. The van der Waals surface area contributed by atoms with E-state index in [0.717, 1.165) is 0 Å². The number of rotatable bonds is 3. The smallest absolute Gasteiger partial charge is 0.388 e. The Morgan fingerprint density at radius 1 is 1.47 bits per heavy atom. The van der Waals surface area contributed by atoms with Crippen molar-refractivity contribution in [3.05, 3.63) is 34.6 Å². The molecule has 0 atom stereocenters. The zero-order chi connectivity index (χ0) is 14.0. The van der Waals surface area contributed by atoms with Crippen LogP contribution in [0.15, 0.2) is 18.2 Å². The lowest BCUT2D eigenvalue weighted by Crippen LogP contribution is -2.06. The van der Waals surface area contributed by atoms with Crippen LogP contribution in [0.5, 0.6) is 5.88 Å². The van der Waals surface area contributed by atoms with Crippen molar-refractivity contribution in [2.45, 2.75) is 13.5 Å². The lowest BCUT2D eigenvalue weighted by Gasteiger charge is -2.05. The molecule has 2 aromatic rings. The average molecular weight is 285 g/mol. The first-order valence-corrected chi connectivity index (χ1v) is 5.47. The molecule has 98 valence electrons. The Morgan fingerprint density at radius 3 is 2.84 bits per heavy atom. The largest absolute Gasteiger partial charge is 0.415 e. The first kappa shape index (κ1) is 13.2. The van der Waals surface area contributed by atoms with Crippen LogP contribution in [0.4, 0.5) is 8.78 Å². The van der Waals surface area contributed by atoms with Gasteiger partial charge < -0.3 is 4.74 Å². The molecule has 19 heavy (non-hydrogen) atoms. The summed E-state index contributed by atoms with van der Waals surface area (Å²) in [7, 11) is 0. The second-order valence-corrected chi connectivity index (χ2v) is 3.92. The number of aromatic nitrogens is 3. The van der Waals surface area contributed by atoms with Crippen molar-refractivity contribution in [2.24, 2.45) is 0 Å². The molecule has 2 heterocycles. The minimum Gasteiger partial charge on any atom is -0.415 e. The summed E-state index contributed by atoms with van der Waals surface area (Å²) < 4.78 is 29.6. The monoisotopic (exact) mass is 284 g/mol. The lowest BCUT2D eigenvalue weighted by molar-refractivity contribution is -0.0530. The molecule has 2 rings (SSSR count). The molecule has 0 radical (unpaired) electrons. The summed E-state index contributed by atoms with van der Waals surface area (Å²) >= 11 is 5.75. The summed E-state index contributed by atoms with van der Waals surface area (Å²) in [6.07, 6.45) is 0. The van der Waals surface area contributed by atoms with Crippen molar-refractivity contribution in [2.75, 3.05) is 0 Å². The molecule has 0 N–H and O–H groups in total. The summed E-state index contributed by atoms with van der Waals surface area (Å²) in [5, 5.41) is 13.0. The normalized spacial score (nSPS) is 10.5. The van der Waals surface area contributed by atoms with Crippen LogP contribution in [0, 0.1) is 18.3 Å². The van der Waals surface area contributed by atoms with E-state index in [2.05, 4.69) is 14.8 Å². The van der Waals surface area contributed by atoms with Crippen molar-refractivity contribution in [1.29, 1.82) is 5.26 Å². The Labute approximate surface area is 112 Å². The number of pyridine rings is 1. The SMILES string of the molecule is Cc1cc(OC(F)F)nn1-c1nc(Cl)ccc1C#N. The van der Waals surface area contributed by atoms with E-state index in [-0.39, 0.29) is 22.4 Å². The molecular weight excluding hydrogens is 278 g/mol. The fraction of sp³-hybridized carbons (Fsp3) is 0.182. The maximum Gasteiger partial charge on any atom is 0.388 e. The lowest BCUT2D eigenvalue weighted by atomic mass is 10.3. The maximum atomic E-state index is 12.1. The number of nitrogens with zero attached hydrogens (tertiary/aromatic N) is 4. The van der Waals surface area contributed by atoms with Crippen molar-refractivity contribution in [1.82, 2.24) is 14.8 Å². The molecule has 0 saturated carbocycles. The standard InChI is InChI=1S/C11H7ClF2N4O/c1-6-4-9(19-11(13)14)17-18(6)10-7(5-15)2-3-8(12)16-10/h2-4,11H,1H3. The van der Waals surface area contributed by atoms with Gasteiger partial charge in [-0.2, -0.15) is 14.0 Å². The van der Waals surface area contributed by atoms with E-state index >= 15 is 0 Å². The van der Waals surface area contributed by atoms with E-state index in [1.165, 1.54) is 22.9 Å². The highest BCUT2D eigenvalue weighted by molar-refractivity contribution is 6.29. The van der Waals surface area contributed by atoms with E-state index in [0.29, 0.717) is 5.69 Å². The van der Waals surface area contributed by atoms with Crippen LogP contribution in [0.3, 0.4) is 0 Å². The number of halogens is 3. The number of alkyl halides is 2. The fourth-order valence-electron chi connectivity index (χ4n) is 1.48. The van der Waals surface area contributed by atoms with Gasteiger partial charge in [0.05, 0.1) is 5.56 Å². The van der Waals surface area contributed by atoms with Crippen molar-refractivity contribution >= 4 is 11.6 Å². The molecule has 0 unspecified atom stereocenters. The van der Waals surface area contributed by atoms with Crippen LogP contribution in [-0.2, 0) is 0 Å². The minimum atomic E-state index is -2.97. The Kier molecular flexibility index (Phi) is 3.62. The fourth-order valence-corrected chi connectivity index (χ4v) is 1.63. The highest BCUT2D eigenvalue weighted by Crippen LogP contribution is 2.20. The second-order valence-electron chi connectivity index (χ2n) is 3.53. The number of hydrogen-bond acceptors (Lipinski definition) is 4. The number of ether oxygens (including phenoxy) is 1. The van der Waals surface area contributed by atoms with Gasteiger partial charge in [-0.05, 0) is 19.1 Å². The zero-order valence-corrected chi connectivity index (χ0v) is 10.4.